The summed E-state index contributed by atoms with van der Waals surface area (Å²) in [5.74, 6) is -0.354. The van der Waals surface area contributed by atoms with Crippen LogP contribution >= 0.6 is 0 Å². The van der Waals surface area contributed by atoms with Gasteiger partial charge in [-0.1, -0.05) is 0 Å². The van der Waals surface area contributed by atoms with Gasteiger partial charge in [-0.25, -0.2) is 9.18 Å². The number of ether oxygens (including phenoxy) is 1. The van der Waals surface area contributed by atoms with Gasteiger partial charge in [-0.15, -0.1) is 0 Å². The number of nitrogens with zero attached hydrogens (tertiary/aromatic N) is 2. The van der Waals surface area contributed by atoms with Gasteiger partial charge in [-0.05, 0) is 26.8 Å². The molecule has 0 radical (unpaired) electrons. The van der Waals surface area contributed by atoms with Crippen LogP contribution in [0.2, 0.25) is 0 Å². The number of nitrogen functional groups attached to an aromatic ring is 1. The Morgan fingerprint density at radius 2 is 1.87 bits per heavy atom. The summed E-state index contributed by atoms with van der Waals surface area (Å²) >= 11 is 0. The number of halogens is 1. The molecule has 0 bridgehead atoms. The zero-order valence-electron chi connectivity index (χ0n) is 14.1. The van der Waals surface area contributed by atoms with Crippen LogP contribution in [-0.4, -0.2) is 49.8 Å². The molecule has 0 aliphatic carbocycles. The quantitative estimate of drug-likeness (QED) is 0.818. The molecule has 1 amide bonds. The van der Waals surface area contributed by atoms with Crippen LogP contribution in [0.5, 0.6) is 0 Å². The van der Waals surface area contributed by atoms with Crippen molar-refractivity contribution in [3.8, 4) is 0 Å². The molecule has 0 atom stereocenters. The van der Waals surface area contributed by atoms with Crippen molar-refractivity contribution in [2.75, 3.05) is 49.2 Å². The van der Waals surface area contributed by atoms with E-state index in [1.54, 1.807) is 18.0 Å². The van der Waals surface area contributed by atoms with Crippen molar-refractivity contribution < 1.29 is 13.9 Å². The Hall–Kier alpha value is -2.18. The number of hydrogen-bond donors (Lipinski definition) is 2. The largest absolute Gasteiger partial charge is 0.444 e. The maximum absolute atomic E-state index is 14.2. The predicted octanol–water partition coefficient (Wildman–Crippen LogP) is 2.51. The molecule has 1 heterocycles. The number of carbonyl (C=O) groups excluding carboxylic acids is 1. The topological polar surface area (TPSA) is 70.8 Å². The van der Waals surface area contributed by atoms with Crippen LogP contribution in [0.3, 0.4) is 0 Å². The highest BCUT2D eigenvalue weighted by Gasteiger charge is 2.27. The molecular formula is C16H25FN4O2. The van der Waals surface area contributed by atoms with Crippen LogP contribution in [0.4, 0.5) is 26.2 Å². The Morgan fingerprint density at radius 3 is 2.39 bits per heavy atom. The summed E-state index contributed by atoms with van der Waals surface area (Å²) in [6.45, 7) is 7.59. The summed E-state index contributed by atoms with van der Waals surface area (Å²) < 4.78 is 19.5. The van der Waals surface area contributed by atoms with Crippen LogP contribution in [0.15, 0.2) is 12.1 Å². The molecule has 3 N–H and O–H groups in total. The lowest BCUT2D eigenvalue weighted by Gasteiger charge is -2.37. The van der Waals surface area contributed by atoms with Gasteiger partial charge in [-0.3, -0.25) is 0 Å². The Kier molecular flexibility index (Phi) is 4.87. The van der Waals surface area contributed by atoms with Crippen LogP contribution < -0.4 is 16.0 Å². The molecule has 7 heteroatoms. The van der Waals surface area contributed by atoms with Crippen molar-refractivity contribution in [2.24, 2.45) is 0 Å². The van der Waals surface area contributed by atoms with Gasteiger partial charge in [0.25, 0.3) is 0 Å². The number of carbonyl (C=O) groups is 1. The number of benzene rings is 1. The van der Waals surface area contributed by atoms with Crippen molar-refractivity contribution >= 4 is 23.2 Å². The summed E-state index contributed by atoms with van der Waals surface area (Å²) in [5.41, 5.74) is 6.81. The summed E-state index contributed by atoms with van der Waals surface area (Å²) in [5, 5.41) is 2.95. The first kappa shape index (κ1) is 17.2. The van der Waals surface area contributed by atoms with E-state index in [0.717, 1.165) is 0 Å². The fraction of sp³-hybridized carbons (Fsp3) is 0.562. The molecule has 0 aromatic heterocycles. The molecular weight excluding hydrogens is 299 g/mol. The molecule has 1 aliphatic rings. The molecule has 0 spiro atoms. The first-order valence-corrected chi connectivity index (χ1v) is 7.71. The minimum absolute atomic E-state index is 0.328. The average Bonchev–Trinajstić information content (AvgIpc) is 2.46. The van der Waals surface area contributed by atoms with E-state index in [1.165, 1.54) is 6.07 Å². The lowest BCUT2D eigenvalue weighted by atomic mass is 10.2. The second-order valence-corrected chi connectivity index (χ2v) is 6.60. The van der Waals surface area contributed by atoms with Crippen LogP contribution in [0, 0.1) is 5.82 Å². The number of amides is 1. The van der Waals surface area contributed by atoms with Crippen molar-refractivity contribution in [3.05, 3.63) is 17.9 Å². The average molecular weight is 324 g/mol. The van der Waals surface area contributed by atoms with Crippen molar-refractivity contribution in [1.29, 1.82) is 0 Å². The second-order valence-electron chi connectivity index (χ2n) is 6.60. The third-order valence-electron chi connectivity index (χ3n) is 3.66. The normalized spacial score (nSPS) is 15.5. The number of nitrogens with two attached hydrogens (primary N) is 1. The molecule has 0 unspecified atom stereocenters. The van der Waals surface area contributed by atoms with Gasteiger partial charge in [0.05, 0.1) is 17.1 Å². The summed E-state index contributed by atoms with van der Waals surface area (Å²) in [6.07, 6.45) is -0.328. The Bertz CT molecular complexity index is 578. The highest BCUT2D eigenvalue weighted by Crippen LogP contribution is 2.29. The first-order chi connectivity index (χ1) is 10.7. The number of piperazine rings is 1. The van der Waals surface area contributed by atoms with Crippen LogP contribution in [0.25, 0.3) is 0 Å². The minimum atomic E-state index is -0.515. The molecule has 1 fully saturated rings. The highest BCUT2D eigenvalue weighted by molar-refractivity contribution is 5.73. The highest BCUT2D eigenvalue weighted by atomic mass is 19.1. The van der Waals surface area contributed by atoms with Gasteiger partial charge >= 0.3 is 6.09 Å². The SMILES string of the molecule is CNc1cc(N2CCN(C(=O)OC(C)(C)C)CC2)c(F)cc1N. The minimum Gasteiger partial charge on any atom is -0.444 e. The Balaban J connectivity index is 2.03. The standard InChI is InChI=1S/C16H25FN4O2/c1-16(2,3)23-15(22)21-7-5-20(6-8-21)14-10-13(19-4)12(18)9-11(14)17/h9-10,19H,5-8,18H2,1-4H3. The van der Waals surface area contributed by atoms with Gasteiger partial charge in [0, 0.05) is 39.3 Å². The zero-order valence-corrected chi connectivity index (χ0v) is 14.1. The van der Waals surface area contributed by atoms with Crippen LogP contribution in [-0.2, 0) is 4.74 Å². The van der Waals surface area contributed by atoms with Crippen molar-refractivity contribution in [3.63, 3.8) is 0 Å². The van der Waals surface area contributed by atoms with E-state index in [9.17, 15) is 9.18 Å². The van der Waals surface area contributed by atoms with E-state index in [1.807, 2.05) is 25.7 Å². The van der Waals surface area contributed by atoms with Gasteiger partial charge in [0.1, 0.15) is 11.4 Å². The predicted molar refractivity (Wildman–Crippen MR) is 90.4 cm³/mol. The number of rotatable bonds is 2. The summed E-state index contributed by atoms with van der Waals surface area (Å²) in [4.78, 5) is 15.6. The first-order valence-electron chi connectivity index (χ1n) is 7.71. The number of hydrogen-bond acceptors (Lipinski definition) is 5. The molecule has 1 aromatic carbocycles. The van der Waals surface area contributed by atoms with Crippen molar-refractivity contribution in [2.45, 2.75) is 26.4 Å². The molecule has 6 nitrogen and oxygen atoms in total. The molecule has 128 valence electrons. The van der Waals surface area contributed by atoms with E-state index < -0.39 is 5.60 Å². The maximum atomic E-state index is 14.2. The van der Waals surface area contributed by atoms with E-state index in [0.29, 0.717) is 43.2 Å². The number of anilines is 3. The monoisotopic (exact) mass is 324 g/mol. The summed E-state index contributed by atoms with van der Waals surface area (Å²) in [6, 6.07) is 3.02. The zero-order chi connectivity index (χ0) is 17.2. The van der Waals surface area contributed by atoms with Crippen LogP contribution in [0.1, 0.15) is 20.8 Å². The Labute approximate surface area is 136 Å². The fourth-order valence-corrected chi connectivity index (χ4v) is 2.49. The third kappa shape index (κ3) is 4.18. The van der Waals surface area contributed by atoms with E-state index in [4.69, 9.17) is 10.5 Å². The molecule has 1 saturated heterocycles. The van der Waals surface area contributed by atoms with Crippen molar-refractivity contribution in [1.82, 2.24) is 4.90 Å². The fourth-order valence-electron chi connectivity index (χ4n) is 2.49. The summed E-state index contributed by atoms with van der Waals surface area (Å²) in [7, 11) is 1.74. The van der Waals surface area contributed by atoms with Gasteiger partial charge in [0.2, 0.25) is 0 Å². The maximum Gasteiger partial charge on any atom is 0.410 e. The number of nitrogens with one attached hydrogen (secondary N) is 1. The third-order valence-corrected chi connectivity index (χ3v) is 3.66. The molecule has 1 aliphatic heterocycles. The van der Waals surface area contributed by atoms with Gasteiger partial charge in [-0.2, -0.15) is 0 Å². The van der Waals surface area contributed by atoms with Gasteiger partial charge in [0.15, 0.2) is 0 Å². The molecule has 23 heavy (non-hydrogen) atoms. The van der Waals surface area contributed by atoms with E-state index >= 15 is 0 Å². The molecule has 1 aromatic rings. The second kappa shape index (κ2) is 6.52. The lowest BCUT2D eigenvalue weighted by molar-refractivity contribution is 0.0240. The smallest absolute Gasteiger partial charge is 0.410 e. The Morgan fingerprint density at radius 1 is 1.26 bits per heavy atom. The van der Waals surface area contributed by atoms with Gasteiger partial charge < -0.3 is 25.6 Å². The van der Waals surface area contributed by atoms with E-state index in [-0.39, 0.29) is 11.9 Å². The molecule has 0 saturated carbocycles. The van der Waals surface area contributed by atoms with E-state index in [2.05, 4.69) is 5.32 Å². The molecule has 2 rings (SSSR count). The lowest BCUT2D eigenvalue weighted by Crippen LogP contribution is -2.50.